The van der Waals surface area contributed by atoms with Crippen molar-refractivity contribution in [2.75, 3.05) is 66.4 Å². The number of hydrogen-bond acceptors (Lipinski definition) is 7. The molecule has 0 aromatic heterocycles. The van der Waals surface area contributed by atoms with E-state index in [4.69, 9.17) is 18.9 Å². The van der Waals surface area contributed by atoms with Crippen LogP contribution in [0.25, 0.3) is 0 Å². The van der Waals surface area contributed by atoms with Crippen molar-refractivity contribution >= 4 is 11.8 Å². The highest BCUT2D eigenvalue weighted by Gasteiger charge is 2.08. The van der Waals surface area contributed by atoms with Crippen molar-refractivity contribution in [1.29, 1.82) is 0 Å². The molecule has 36 heavy (non-hydrogen) atoms. The third-order valence-electron chi connectivity index (χ3n) is 5.49. The molecule has 0 spiro atoms. The molecule has 1 rings (SSSR count). The van der Waals surface area contributed by atoms with Gasteiger partial charge in [0.25, 0.3) is 5.91 Å². The van der Waals surface area contributed by atoms with Crippen LogP contribution in [0.15, 0.2) is 24.3 Å². The molecule has 0 saturated heterocycles. The Bertz CT molecular complexity index is 681. The summed E-state index contributed by atoms with van der Waals surface area (Å²) in [4.78, 5) is 23.3. The van der Waals surface area contributed by atoms with Gasteiger partial charge in [-0.1, -0.05) is 38.8 Å². The van der Waals surface area contributed by atoms with Gasteiger partial charge in [-0.15, -0.1) is 0 Å². The SMILES string of the molecule is CCCC(CCC)NCc1ccc(C(=O)NCCOCCOCCOCCOCCC(=O)NC)cc1. The van der Waals surface area contributed by atoms with E-state index in [2.05, 4.69) is 29.8 Å². The van der Waals surface area contributed by atoms with E-state index in [-0.39, 0.29) is 11.8 Å². The maximum absolute atomic E-state index is 12.3. The van der Waals surface area contributed by atoms with Crippen LogP contribution in [0, 0.1) is 0 Å². The summed E-state index contributed by atoms with van der Waals surface area (Å²) in [5.74, 6) is -0.135. The van der Waals surface area contributed by atoms with Crippen LogP contribution in [0.2, 0.25) is 0 Å². The number of ether oxygens (including phenoxy) is 4. The maximum Gasteiger partial charge on any atom is 0.251 e. The predicted octanol–water partition coefficient (Wildman–Crippen LogP) is 2.68. The van der Waals surface area contributed by atoms with Gasteiger partial charge in [0, 0.05) is 38.2 Å². The summed E-state index contributed by atoms with van der Waals surface area (Å²) in [5.41, 5.74) is 1.83. The fourth-order valence-corrected chi connectivity index (χ4v) is 3.47. The first-order valence-corrected chi connectivity index (χ1v) is 13.2. The zero-order chi connectivity index (χ0) is 26.3. The number of carbonyl (C=O) groups is 2. The molecule has 0 heterocycles. The quantitative estimate of drug-likeness (QED) is 0.195. The van der Waals surface area contributed by atoms with E-state index in [1.54, 1.807) is 7.05 Å². The fraction of sp³-hybridized carbons (Fsp3) is 0.704. The normalized spacial score (nSPS) is 11.1. The van der Waals surface area contributed by atoms with Crippen molar-refractivity contribution in [2.24, 2.45) is 0 Å². The molecule has 9 heteroatoms. The summed E-state index contributed by atoms with van der Waals surface area (Å²) in [6, 6.07) is 8.31. The summed E-state index contributed by atoms with van der Waals surface area (Å²) in [6.07, 6.45) is 5.10. The number of hydrogen-bond donors (Lipinski definition) is 3. The molecule has 0 atom stereocenters. The van der Waals surface area contributed by atoms with E-state index in [0.29, 0.717) is 77.4 Å². The lowest BCUT2D eigenvalue weighted by atomic mass is 10.1. The molecule has 9 nitrogen and oxygen atoms in total. The van der Waals surface area contributed by atoms with E-state index in [1.165, 1.54) is 31.2 Å². The molecule has 1 aromatic carbocycles. The van der Waals surface area contributed by atoms with E-state index < -0.39 is 0 Å². The molecule has 0 aliphatic rings. The topological polar surface area (TPSA) is 107 Å². The van der Waals surface area contributed by atoms with Crippen molar-refractivity contribution in [3.05, 3.63) is 35.4 Å². The molecule has 0 fully saturated rings. The molecule has 206 valence electrons. The van der Waals surface area contributed by atoms with Crippen molar-refractivity contribution in [2.45, 2.75) is 58.5 Å². The van der Waals surface area contributed by atoms with Gasteiger partial charge < -0.3 is 34.9 Å². The lowest BCUT2D eigenvalue weighted by Crippen LogP contribution is -2.29. The van der Waals surface area contributed by atoms with Gasteiger partial charge in [-0.05, 0) is 30.5 Å². The molecular formula is C27H47N3O6. The van der Waals surface area contributed by atoms with Gasteiger partial charge >= 0.3 is 0 Å². The summed E-state index contributed by atoms with van der Waals surface area (Å²) in [5, 5.41) is 9.04. The Morgan fingerprint density at radius 1 is 0.778 bits per heavy atom. The lowest BCUT2D eigenvalue weighted by Gasteiger charge is -2.17. The highest BCUT2D eigenvalue weighted by molar-refractivity contribution is 5.94. The van der Waals surface area contributed by atoms with Crippen LogP contribution in [0.5, 0.6) is 0 Å². The van der Waals surface area contributed by atoms with Gasteiger partial charge in [-0.2, -0.15) is 0 Å². The summed E-state index contributed by atoms with van der Waals surface area (Å²) in [7, 11) is 1.60. The second kappa shape index (κ2) is 22.2. The molecule has 3 N–H and O–H groups in total. The van der Waals surface area contributed by atoms with Gasteiger partial charge in [-0.25, -0.2) is 0 Å². The van der Waals surface area contributed by atoms with Crippen LogP contribution in [0.1, 0.15) is 61.9 Å². The predicted molar refractivity (Wildman–Crippen MR) is 141 cm³/mol. The minimum absolute atomic E-state index is 0.0367. The standard InChI is InChI=1S/C27H47N3O6/c1-4-6-25(7-5-2)30-22-23-8-10-24(11-9-23)27(32)29-13-15-34-17-19-36-21-20-35-18-16-33-14-12-26(31)28-3/h8-11,25,30H,4-7,12-22H2,1-3H3,(H,28,31)(H,29,32). The zero-order valence-corrected chi connectivity index (χ0v) is 22.4. The van der Waals surface area contributed by atoms with Gasteiger partial charge in [0.15, 0.2) is 0 Å². The minimum Gasteiger partial charge on any atom is -0.379 e. The summed E-state index contributed by atoms with van der Waals surface area (Å²) < 4.78 is 21.6. The van der Waals surface area contributed by atoms with Crippen molar-refractivity contribution in [3.8, 4) is 0 Å². The monoisotopic (exact) mass is 509 g/mol. The molecule has 0 aliphatic carbocycles. The van der Waals surface area contributed by atoms with E-state index in [1.807, 2.05) is 24.3 Å². The largest absolute Gasteiger partial charge is 0.379 e. The second-order valence-corrected chi connectivity index (χ2v) is 8.48. The summed E-state index contributed by atoms with van der Waals surface area (Å²) in [6.45, 7) is 9.30. The molecule has 0 radical (unpaired) electrons. The van der Waals surface area contributed by atoms with Gasteiger partial charge in [-0.3, -0.25) is 9.59 Å². The highest BCUT2D eigenvalue weighted by Crippen LogP contribution is 2.08. The number of rotatable bonds is 23. The summed E-state index contributed by atoms with van der Waals surface area (Å²) >= 11 is 0. The van der Waals surface area contributed by atoms with Crippen LogP contribution in [0.3, 0.4) is 0 Å². The number of amides is 2. The van der Waals surface area contributed by atoms with Crippen LogP contribution < -0.4 is 16.0 Å². The molecule has 0 aliphatic heterocycles. The third-order valence-corrected chi connectivity index (χ3v) is 5.49. The highest BCUT2D eigenvalue weighted by atomic mass is 16.6. The molecule has 0 saturated carbocycles. The number of benzene rings is 1. The Labute approximate surface area is 217 Å². The van der Waals surface area contributed by atoms with Crippen molar-refractivity contribution < 1.29 is 28.5 Å². The van der Waals surface area contributed by atoms with Gasteiger partial charge in [0.1, 0.15) is 0 Å². The first-order valence-electron chi connectivity index (χ1n) is 13.2. The maximum atomic E-state index is 12.3. The fourth-order valence-electron chi connectivity index (χ4n) is 3.47. The molecular weight excluding hydrogens is 462 g/mol. The minimum atomic E-state index is -0.0982. The van der Waals surface area contributed by atoms with Crippen LogP contribution in [-0.4, -0.2) is 84.3 Å². The first-order chi connectivity index (χ1) is 17.6. The molecule has 0 bridgehead atoms. The van der Waals surface area contributed by atoms with E-state index in [9.17, 15) is 9.59 Å². The molecule has 1 aromatic rings. The molecule has 0 unspecified atom stereocenters. The smallest absolute Gasteiger partial charge is 0.251 e. The zero-order valence-electron chi connectivity index (χ0n) is 22.4. The third kappa shape index (κ3) is 16.6. The lowest BCUT2D eigenvalue weighted by molar-refractivity contribution is -0.121. The van der Waals surface area contributed by atoms with Crippen LogP contribution >= 0.6 is 0 Å². The van der Waals surface area contributed by atoms with Crippen molar-refractivity contribution in [3.63, 3.8) is 0 Å². The van der Waals surface area contributed by atoms with Gasteiger partial charge in [0.2, 0.25) is 5.91 Å². The Kier molecular flexibility index (Phi) is 19.7. The van der Waals surface area contributed by atoms with Crippen LogP contribution in [0.4, 0.5) is 0 Å². The average Bonchev–Trinajstić information content (AvgIpc) is 2.89. The Morgan fingerprint density at radius 2 is 1.31 bits per heavy atom. The molecule has 2 amide bonds. The van der Waals surface area contributed by atoms with Crippen molar-refractivity contribution in [1.82, 2.24) is 16.0 Å². The first kappa shape index (κ1) is 32.0. The average molecular weight is 510 g/mol. The van der Waals surface area contributed by atoms with E-state index >= 15 is 0 Å². The second-order valence-electron chi connectivity index (χ2n) is 8.48. The number of carbonyl (C=O) groups excluding carboxylic acids is 2. The Hall–Kier alpha value is -2.04. The van der Waals surface area contributed by atoms with E-state index in [0.717, 1.165) is 6.54 Å². The Morgan fingerprint density at radius 3 is 1.83 bits per heavy atom. The number of nitrogens with one attached hydrogen (secondary N) is 3. The Balaban J connectivity index is 1.99. The van der Waals surface area contributed by atoms with Gasteiger partial charge in [0.05, 0.1) is 52.9 Å². The van der Waals surface area contributed by atoms with Crippen LogP contribution in [-0.2, 0) is 30.3 Å².